The molecule has 4 aromatic carbocycles. The van der Waals surface area contributed by atoms with Gasteiger partial charge in [0.05, 0.1) is 40.8 Å². The molecule has 2 aliphatic heterocycles. The summed E-state index contributed by atoms with van der Waals surface area (Å²) in [5.41, 5.74) is 3.83. The normalized spacial score (nSPS) is 17.3. The van der Waals surface area contributed by atoms with E-state index in [2.05, 4.69) is 40.2 Å². The molecule has 0 saturated carbocycles. The van der Waals surface area contributed by atoms with Gasteiger partial charge in [-0.25, -0.2) is 26.8 Å². The van der Waals surface area contributed by atoms with Gasteiger partial charge in [0.15, 0.2) is 24.9 Å². The van der Waals surface area contributed by atoms with Crippen LogP contribution in [-0.2, 0) is 39.9 Å². The Morgan fingerprint density at radius 1 is 0.621 bits per heavy atom. The fourth-order valence-corrected chi connectivity index (χ4v) is 10.9. The summed E-state index contributed by atoms with van der Waals surface area (Å²) in [6.45, 7) is 0.724. The Morgan fingerprint density at radius 3 is 1.52 bits per heavy atom. The van der Waals surface area contributed by atoms with Crippen LogP contribution in [0.4, 0.5) is 0 Å². The number of hydrogen-bond acceptors (Lipinski definition) is 16. The third-order valence-corrected chi connectivity index (χ3v) is 14.6. The van der Waals surface area contributed by atoms with Crippen LogP contribution in [0.2, 0.25) is 0 Å². The third kappa shape index (κ3) is 9.58. The number of aliphatic hydroxyl groups excluding tert-OH is 1. The lowest BCUT2D eigenvalue weighted by molar-refractivity contribution is 0.112. The first-order valence-corrected chi connectivity index (χ1v) is 24.1. The molecule has 20 nitrogen and oxygen atoms in total. The average molecular weight is 937 g/mol. The van der Waals surface area contributed by atoms with Gasteiger partial charge in [-0.2, -0.15) is 18.6 Å². The quantitative estimate of drug-likeness (QED) is 0.103. The number of aromatic nitrogens is 8. The minimum Gasteiger partial charge on any atom is -0.484 e. The van der Waals surface area contributed by atoms with Gasteiger partial charge in [-0.3, -0.25) is 4.79 Å². The second-order valence-corrected chi connectivity index (χ2v) is 19.1. The molecule has 2 fully saturated rings. The summed E-state index contributed by atoms with van der Waals surface area (Å²) < 4.78 is 78.4. The largest absolute Gasteiger partial charge is 0.484 e. The van der Waals surface area contributed by atoms with Crippen molar-refractivity contribution in [1.82, 2.24) is 48.8 Å². The van der Waals surface area contributed by atoms with Crippen LogP contribution in [-0.4, -0.2) is 90.1 Å². The van der Waals surface area contributed by atoms with Crippen molar-refractivity contribution in [3.8, 4) is 11.5 Å². The van der Waals surface area contributed by atoms with E-state index in [4.69, 9.17) is 23.6 Å². The minimum atomic E-state index is -3.89. The number of nitrogens with zero attached hydrogens (tertiary/aromatic N) is 8. The second kappa shape index (κ2) is 19.3. The zero-order chi connectivity index (χ0) is 45.7. The number of para-hydroxylation sites is 4. The number of fused-ring (bicyclic) bond motifs is 2. The molecule has 10 rings (SSSR count). The van der Waals surface area contributed by atoms with E-state index in [0.717, 1.165) is 37.5 Å². The van der Waals surface area contributed by atoms with Gasteiger partial charge >= 0.3 is 0 Å². The summed E-state index contributed by atoms with van der Waals surface area (Å²) in [6.07, 6.45) is 5.10. The average Bonchev–Trinajstić information content (AvgIpc) is 4.20. The lowest BCUT2D eigenvalue weighted by Crippen LogP contribution is -2.39. The number of aliphatic hydroxyl groups is 1. The monoisotopic (exact) mass is 936 g/mol. The van der Waals surface area contributed by atoms with Gasteiger partial charge in [-0.15, -0.1) is 0 Å². The Hall–Kier alpha value is -6.85. The van der Waals surface area contributed by atoms with Crippen LogP contribution in [0.3, 0.4) is 0 Å². The van der Waals surface area contributed by atoms with Crippen LogP contribution in [0.15, 0.2) is 116 Å². The minimum absolute atomic E-state index is 0.0243. The fourth-order valence-electron chi connectivity index (χ4n) is 7.77. The standard InChI is InChI=1S/C22H23N5O5S.C22H21N5O5S/c2*28-13-15-8-10-16(11-9-15)31-14-20-25-21(26-32-20)19-7-3-4-12-27(19)33(29,30)22-23-17-5-1-2-6-18(17)24-22/h1-2,5-6,8-11,19,28H,3-4,7,12-14H2,(H,23,24);1-2,5-6,8-11,13,19H,3-4,7,12,14H2,(H,23,24). The van der Waals surface area contributed by atoms with Crippen molar-refractivity contribution < 1.29 is 45.3 Å². The van der Waals surface area contributed by atoms with Crippen molar-refractivity contribution in [1.29, 1.82) is 0 Å². The summed E-state index contributed by atoms with van der Waals surface area (Å²) in [5.74, 6) is 2.23. The van der Waals surface area contributed by atoms with Crippen molar-refractivity contribution in [2.45, 2.75) is 80.7 Å². The maximum atomic E-state index is 13.4. The molecule has 2 unspecified atom stereocenters. The number of ether oxygens (including phenoxy) is 2. The Kier molecular flexibility index (Phi) is 13.0. The number of benzene rings is 4. The number of piperidine rings is 2. The van der Waals surface area contributed by atoms with E-state index < -0.39 is 32.1 Å². The zero-order valence-electron chi connectivity index (χ0n) is 35.3. The third-order valence-electron chi connectivity index (χ3n) is 11.2. The molecule has 22 heteroatoms. The molecule has 2 atom stereocenters. The number of aldehydes is 1. The van der Waals surface area contributed by atoms with E-state index in [1.807, 2.05) is 24.3 Å². The van der Waals surface area contributed by atoms with Crippen LogP contribution in [0, 0.1) is 0 Å². The Labute approximate surface area is 378 Å². The zero-order valence-corrected chi connectivity index (χ0v) is 36.9. The molecule has 0 aliphatic carbocycles. The summed E-state index contributed by atoms with van der Waals surface area (Å²) in [4.78, 5) is 33.9. The summed E-state index contributed by atoms with van der Waals surface area (Å²) >= 11 is 0. The maximum Gasteiger partial charge on any atom is 0.277 e. The molecule has 0 radical (unpaired) electrons. The van der Waals surface area contributed by atoms with Crippen LogP contribution in [0.1, 0.15) is 90.0 Å². The molecule has 8 aromatic rings. The van der Waals surface area contributed by atoms with Gasteiger partial charge in [-0.05, 0) is 91.9 Å². The van der Waals surface area contributed by atoms with Gasteiger partial charge in [0.25, 0.3) is 31.8 Å². The van der Waals surface area contributed by atoms with E-state index in [-0.39, 0.29) is 41.9 Å². The molecular weight excluding hydrogens is 893 g/mol. The topological polar surface area (TPSA) is 266 Å². The Balaban J connectivity index is 0.000000166. The predicted molar refractivity (Wildman–Crippen MR) is 235 cm³/mol. The second-order valence-electron chi connectivity index (χ2n) is 15.5. The van der Waals surface area contributed by atoms with Gasteiger partial charge in [0.1, 0.15) is 17.8 Å². The molecule has 0 bridgehead atoms. The fraction of sp³-hybridized carbons (Fsp3) is 0.295. The molecule has 2 aliphatic rings. The number of imidazole rings is 2. The van der Waals surface area contributed by atoms with E-state index in [0.29, 0.717) is 76.7 Å². The Bertz CT molecular complexity index is 3090. The highest BCUT2D eigenvalue weighted by Gasteiger charge is 2.40. The van der Waals surface area contributed by atoms with Gasteiger partial charge in [0.2, 0.25) is 10.3 Å². The highest BCUT2D eigenvalue weighted by molar-refractivity contribution is 7.89. The van der Waals surface area contributed by atoms with Gasteiger partial charge in [-0.1, -0.05) is 59.6 Å². The lowest BCUT2D eigenvalue weighted by atomic mass is 10.0. The first-order chi connectivity index (χ1) is 32.1. The van der Waals surface area contributed by atoms with Crippen molar-refractivity contribution in [2.75, 3.05) is 13.1 Å². The first kappa shape index (κ1) is 44.4. The highest BCUT2D eigenvalue weighted by atomic mass is 32.2. The number of sulfonamides is 2. The molecule has 0 amide bonds. The number of carbonyl (C=O) groups excluding carboxylic acids is 1. The maximum absolute atomic E-state index is 13.4. The molecule has 342 valence electrons. The SMILES string of the molecule is O=Cc1ccc(OCc2nc(C3CCCCN3S(=O)(=O)c3nc4ccccc4[nH]3)no2)cc1.O=S(=O)(c1nc2ccccc2[nH]1)N1CCCCC1c1noc(COc2ccc(CO)cc2)n1. The van der Waals surface area contributed by atoms with Gasteiger partial charge < -0.3 is 33.6 Å². The van der Waals surface area contributed by atoms with Crippen LogP contribution >= 0.6 is 0 Å². The van der Waals surface area contributed by atoms with E-state index in [1.165, 1.54) is 8.61 Å². The van der Waals surface area contributed by atoms with Crippen LogP contribution in [0.25, 0.3) is 22.1 Å². The molecular formula is C44H44N10O10S2. The summed E-state index contributed by atoms with van der Waals surface area (Å²) in [5, 5.41) is 17.0. The molecule has 2 saturated heterocycles. The molecule has 0 spiro atoms. The molecule has 6 heterocycles. The van der Waals surface area contributed by atoms with Crippen LogP contribution in [0.5, 0.6) is 11.5 Å². The number of carbonyl (C=O) groups is 1. The molecule has 3 N–H and O–H groups in total. The summed E-state index contributed by atoms with van der Waals surface area (Å²) in [6, 6.07) is 26.9. The summed E-state index contributed by atoms with van der Waals surface area (Å²) in [7, 11) is -7.77. The number of H-pyrrole nitrogens is 2. The molecule has 4 aromatic heterocycles. The highest BCUT2D eigenvalue weighted by Crippen LogP contribution is 2.36. The van der Waals surface area contributed by atoms with Crippen molar-refractivity contribution in [2.24, 2.45) is 0 Å². The van der Waals surface area contributed by atoms with Crippen molar-refractivity contribution >= 4 is 48.4 Å². The molecule has 66 heavy (non-hydrogen) atoms. The number of aromatic amines is 2. The van der Waals surface area contributed by atoms with Crippen LogP contribution < -0.4 is 9.47 Å². The number of nitrogens with one attached hydrogen (secondary N) is 2. The van der Waals surface area contributed by atoms with Crippen molar-refractivity contribution in [3.05, 3.63) is 132 Å². The van der Waals surface area contributed by atoms with E-state index >= 15 is 0 Å². The number of rotatable bonds is 14. The predicted octanol–water partition coefficient (Wildman–Crippen LogP) is 6.19. The smallest absolute Gasteiger partial charge is 0.277 e. The van der Waals surface area contributed by atoms with E-state index in [9.17, 15) is 21.6 Å². The lowest BCUT2D eigenvalue weighted by Gasteiger charge is -2.31. The van der Waals surface area contributed by atoms with Crippen molar-refractivity contribution in [3.63, 3.8) is 0 Å². The van der Waals surface area contributed by atoms with Gasteiger partial charge in [0, 0.05) is 18.7 Å². The first-order valence-electron chi connectivity index (χ1n) is 21.2. The van der Waals surface area contributed by atoms with E-state index in [1.54, 1.807) is 72.8 Å². The number of hydrogen-bond donors (Lipinski definition) is 3. The Morgan fingerprint density at radius 2 is 1.08 bits per heavy atom.